The quantitative estimate of drug-likeness (QED) is 0.339. The number of ketones is 1. The Morgan fingerprint density at radius 3 is 2.00 bits per heavy atom. The van der Waals surface area contributed by atoms with Crippen LogP contribution in [0.1, 0.15) is 29.3 Å². The van der Waals surface area contributed by atoms with Gasteiger partial charge in [0, 0.05) is 12.0 Å². The minimum Gasteiger partial charge on any atom is -0.294 e. The van der Waals surface area contributed by atoms with Crippen LogP contribution in [0.4, 0.5) is 17.6 Å². The van der Waals surface area contributed by atoms with Crippen LogP contribution >= 0.6 is 0 Å². The third kappa shape index (κ3) is 1.81. The van der Waals surface area contributed by atoms with Crippen LogP contribution in [0.5, 0.6) is 0 Å². The molecular formula is C11H9F4O. The van der Waals surface area contributed by atoms with Gasteiger partial charge in [-0.15, -0.1) is 0 Å². The van der Waals surface area contributed by atoms with Crippen LogP contribution in [0.15, 0.2) is 0 Å². The summed E-state index contributed by atoms with van der Waals surface area (Å²) < 4.78 is 52.3. The molecule has 16 heavy (non-hydrogen) atoms. The highest BCUT2D eigenvalue weighted by Crippen LogP contribution is 2.25. The zero-order chi connectivity index (χ0) is 12.5. The summed E-state index contributed by atoms with van der Waals surface area (Å²) in [6, 6.07) is 0. The first-order chi connectivity index (χ1) is 7.45. The Hall–Kier alpha value is -1.39. The number of hydrogen-bond donors (Lipinski definition) is 0. The summed E-state index contributed by atoms with van der Waals surface area (Å²) in [6.07, 6.45) is -0.463. The first-order valence-corrected chi connectivity index (χ1v) is 4.62. The lowest BCUT2D eigenvalue weighted by atomic mass is 9.98. The van der Waals surface area contributed by atoms with Gasteiger partial charge in [0.2, 0.25) is 0 Å². The highest BCUT2D eigenvalue weighted by molar-refractivity contribution is 5.98. The summed E-state index contributed by atoms with van der Waals surface area (Å²) in [4.78, 5) is 11.3. The van der Waals surface area contributed by atoms with Crippen molar-refractivity contribution in [3.8, 4) is 0 Å². The molecule has 0 aliphatic carbocycles. The number of rotatable bonds is 3. The summed E-state index contributed by atoms with van der Waals surface area (Å²) >= 11 is 0. The lowest BCUT2D eigenvalue weighted by Gasteiger charge is -2.10. The predicted octanol–water partition coefficient (Wildman–Crippen LogP) is 3.21. The molecule has 87 valence electrons. The minimum absolute atomic E-state index is 0.110. The molecule has 0 unspecified atom stereocenters. The molecule has 0 atom stereocenters. The first kappa shape index (κ1) is 12.7. The summed E-state index contributed by atoms with van der Waals surface area (Å²) in [5.41, 5.74) is -1.20. The maximum Gasteiger partial charge on any atom is 0.198 e. The average molecular weight is 233 g/mol. The fourth-order valence-corrected chi connectivity index (χ4v) is 1.42. The molecule has 0 spiro atoms. The van der Waals surface area contributed by atoms with Crippen LogP contribution in [-0.4, -0.2) is 5.78 Å². The molecule has 1 aromatic rings. The van der Waals surface area contributed by atoms with Gasteiger partial charge in [-0.2, -0.15) is 0 Å². The van der Waals surface area contributed by atoms with Crippen molar-refractivity contribution >= 4 is 5.78 Å². The number of carbonyl (C=O) groups is 1. The molecule has 0 heterocycles. The molecule has 0 aromatic heterocycles. The zero-order valence-electron chi connectivity index (χ0n) is 8.54. The number of benzene rings is 1. The molecule has 1 rings (SSSR count). The third-order valence-electron chi connectivity index (χ3n) is 2.22. The van der Waals surface area contributed by atoms with Crippen molar-refractivity contribution in [1.29, 1.82) is 0 Å². The van der Waals surface area contributed by atoms with E-state index in [9.17, 15) is 22.4 Å². The topological polar surface area (TPSA) is 17.1 Å². The van der Waals surface area contributed by atoms with Gasteiger partial charge < -0.3 is 0 Å². The zero-order valence-corrected chi connectivity index (χ0v) is 8.54. The normalized spacial score (nSPS) is 10.6. The number of halogens is 4. The van der Waals surface area contributed by atoms with Crippen LogP contribution in [0.3, 0.4) is 0 Å². The molecule has 0 aliphatic rings. The van der Waals surface area contributed by atoms with Gasteiger partial charge in [0.15, 0.2) is 29.1 Å². The van der Waals surface area contributed by atoms with E-state index in [-0.39, 0.29) is 12.8 Å². The molecular weight excluding hydrogens is 224 g/mol. The van der Waals surface area contributed by atoms with Gasteiger partial charge in [0.1, 0.15) is 0 Å². The van der Waals surface area contributed by atoms with Crippen LogP contribution in [0.25, 0.3) is 0 Å². The van der Waals surface area contributed by atoms with Crippen molar-refractivity contribution in [2.24, 2.45) is 0 Å². The highest BCUT2D eigenvalue weighted by Gasteiger charge is 2.27. The van der Waals surface area contributed by atoms with E-state index in [0.29, 0.717) is 0 Å². The second-order valence-electron chi connectivity index (χ2n) is 3.14. The second-order valence-corrected chi connectivity index (χ2v) is 3.14. The van der Waals surface area contributed by atoms with Crippen molar-refractivity contribution in [2.45, 2.75) is 19.8 Å². The summed E-state index contributed by atoms with van der Waals surface area (Å²) in [7, 11) is 0. The SMILES string of the molecule is [CH2]CC(=O)c1c(F)c(F)c(F)c(F)c1CC. The summed E-state index contributed by atoms with van der Waals surface area (Å²) in [6.45, 7) is 4.62. The maximum atomic E-state index is 13.3. The van der Waals surface area contributed by atoms with Gasteiger partial charge in [-0.3, -0.25) is 4.79 Å². The molecule has 5 heteroatoms. The van der Waals surface area contributed by atoms with E-state index in [1.807, 2.05) is 0 Å². The lowest BCUT2D eigenvalue weighted by molar-refractivity contribution is 0.0988. The second kappa shape index (κ2) is 4.63. The summed E-state index contributed by atoms with van der Waals surface area (Å²) in [5.74, 6) is -7.88. The standard InChI is InChI=1S/C11H9F4O/c1-3-5-7(6(16)4-2)9(13)11(15)10(14)8(5)12/h2-4H2,1H3. The van der Waals surface area contributed by atoms with E-state index in [1.165, 1.54) is 6.92 Å². The van der Waals surface area contributed by atoms with Crippen molar-refractivity contribution in [3.05, 3.63) is 41.3 Å². The Bertz CT molecular complexity index is 440. The minimum atomic E-state index is -1.97. The molecule has 0 N–H and O–H groups in total. The first-order valence-electron chi connectivity index (χ1n) is 4.62. The van der Waals surface area contributed by atoms with Crippen LogP contribution in [-0.2, 0) is 6.42 Å². The van der Waals surface area contributed by atoms with Gasteiger partial charge in [0.25, 0.3) is 0 Å². The van der Waals surface area contributed by atoms with Gasteiger partial charge in [-0.1, -0.05) is 6.92 Å². The van der Waals surface area contributed by atoms with E-state index < -0.39 is 40.2 Å². The molecule has 0 saturated heterocycles. The van der Waals surface area contributed by atoms with Gasteiger partial charge in [0.05, 0.1) is 5.56 Å². The summed E-state index contributed by atoms with van der Waals surface area (Å²) in [5, 5.41) is 0. The Kier molecular flexibility index (Phi) is 3.67. The van der Waals surface area contributed by atoms with Crippen molar-refractivity contribution in [2.75, 3.05) is 0 Å². The molecule has 1 aromatic carbocycles. The molecule has 0 saturated carbocycles. The Labute approximate surface area is 90.1 Å². The predicted molar refractivity (Wildman–Crippen MR) is 50.0 cm³/mol. The van der Waals surface area contributed by atoms with Crippen molar-refractivity contribution in [1.82, 2.24) is 0 Å². The van der Waals surface area contributed by atoms with Gasteiger partial charge in [-0.05, 0) is 13.3 Å². The van der Waals surface area contributed by atoms with Crippen LogP contribution in [0, 0.1) is 30.2 Å². The van der Waals surface area contributed by atoms with Crippen LogP contribution < -0.4 is 0 Å². The molecule has 1 nitrogen and oxygen atoms in total. The number of carbonyl (C=O) groups excluding carboxylic acids is 1. The Balaban J connectivity index is 3.64. The van der Waals surface area contributed by atoms with Crippen molar-refractivity contribution < 1.29 is 22.4 Å². The van der Waals surface area contributed by atoms with Crippen molar-refractivity contribution in [3.63, 3.8) is 0 Å². The van der Waals surface area contributed by atoms with E-state index in [0.717, 1.165) is 0 Å². The monoisotopic (exact) mass is 233 g/mol. The third-order valence-corrected chi connectivity index (χ3v) is 2.22. The van der Waals surface area contributed by atoms with E-state index in [4.69, 9.17) is 0 Å². The van der Waals surface area contributed by atoms with Gasteiger partial charge >= 0.3 is 0 Å². The fourth-order valence-electron chi connectivity index (χ4n) is 1.42. The Morgan fingerprint density at radius 2 is 1.56 bits per heavy atom. The average Bonchev–Trinajstić information content (AvgIpc) is 2.29. The molecule has 1 radical (unpaired) electrons. The fraction of sp³-hybridized carbons (Fsp3) is 0.273. The largest absolute Gasteiger partial charge is 0.294 e. The lowest BCUT2D eigenvalue weighted by Crippen LogP contribution is -2.13. The molecule has 0 aliphatic heterocycles. The number of Topliss-reactive ketones (excluding diaryl/α,β-unsaturated/α-hetero) is 1. The molecule has 0 amide bonds. The maximum absolute atomic E-state index is 13.3. The molecule has 0 fully saturated rings. The van der Waals surface area contributed by atoms with E-state index >= 15 is 0 Å². The van der Waals surface area contributed by atoms with E-state index in [2.05, 4.69) is 6.92 Å². The van der Waals surface area contributed by atoms with Gasteiger partial charge in [-0.25, -0.2) is 17.6 Å². The Morgan fingerprint density at radius 1 is 1.06 bits per heavy atom. The molecule has 0 bridgehead atoms. The highest BCUT2D eigenvalue weighted by atomic mass is 19.2. The number of hydrogen-bond acceptors (Lipinski definition) is 1. The smallest absolute Gasteiger partial charge is 0.198 e. The van der Waals surface area contributed by atoms with E-state index in [1.54, 1.807) is 0 Å². The van der Waals surface area contributed by atoms with Crippen LogP contribution in [0.2, 0.25) is 0 Å².